The molecule has 45 heteroatoms. The van der Waals surface area contributed by atoms with E-state index in [1.807, 2.05) is 0 Å². The summed E-state index contributed by atoms with van der Waals surface area (Å²) in [4.78, 5) is 0. The fourth-order valence-electron chi connectivity index (χ4n) is 0. The first-order chi connectivity index (χ1) is 0. The standard InChI is InChI=1S/6K.32H2O.7W/h;;;;;;32*1H2;;;;;;;. The van der Waals surface area contributed by atoms with Gasteiger partial charge in [-0.15, -0.1) is 0 Å². The van der Waals surface area contributed by atoms with E-state index in [0.29, 0.717) is 0 Å². The molecule has 0 atom stereocenters. The zero-order valence-electron chi connectivity index (χ0n) is 24.9. The van der Waals surface area contributed by atoms with Crippen molar-refractivity contribution in [2.24, 2.45) is 0 Å². The molecule has 0 aliphatic carbocycles. The summed E-state index contributed by atoms with van der Waals surface area (Å²) in [5.74, 6) is 0. The van der Waals surface area contributed by atoms with Gasteiger partial charge in [0.05, 0.1) is 0 Å². The van der Waals surface area contributed by atoms with Crippen molar-refractivity contribution in [2.45, 2.75) is 0 Å². The minimum Gasteiger partial charge on any atom is -0.412 e. The molecule has 0 spiro atoms. The van der Waals surface area contributed by atoms with Gasteiger partial charge in [-0.2, -0.15) is 0 Å². The predicted octanol–water partition coefficient (Wildman–Crippen LogP) is -28.7. The molecule has 0 unspecified atom stereocenters. The summed E-state index contributed by atoms with van der Waals surface area (Å²) in [5.41, 5.74) is 0. The molecule has 0 saturated heterocycles. The van der Waals surface area contributed by atoms with E-state index in [9.17, 15) is 0 Å². The van der Waals surface area contributed by atoms with E-state index in [2.05, 4.69) is 0 Å². The molecule has 45 heavy (non-hydrogen) atoms. The Morgan fingerprint density at radius 2 is 0.0667 bits per heavy atom. The quantitative estimate of drug-likeness (QED) is 0.204. The van der Waals surface area contributed by atoms with Crippen LogP contribution >= 0.6 is 0 Å². The monoisotopic (exact) mass is 2100 g/mol. The van der Waals surface area contributed by atoms with Crippen LogP contribution in [-0.2, 0) is 147 Å². The normalized spacial score (nSPS) is 0. The summed E-state index contributed by atoms with van der Waals surface area (Å²) in [6, 6.07) is 0. The average molecular weight is 2100 g/mol. The average Bonchev–Trinajstić information content (AvgIpc) is 0. The largest absolute Gasteiger partial charge is 0.412 e. The van der Waals surface area contributed by atoms with Crippen LogP contribution in [0.25, 0.3) is 0 Å². The van der Waals surface area contributed by atoms with Crippen LogP contribution in [0.15, 0.2) is 0 Å². The second-order valence-electron chi connectivity index (χ2n) is 0. The molecule has 32 nitrogen and oxygen atoms in total. The number of rotatable bonds is 0. The van der Waals surface area contributed by atoms with Gasteiger partial charge < -0.3 is 175 Å². The van der Waals surface area contributed by atoms with Crippen molar-refractivity contribution in [1.82, 2.24) is 0 Å². The number of hydrogen-bond acceptors (Lipinski definition) is 0. The molecule has 0 rings (SSSR count). The third-order valence-electron chi connectivity index (χ3n) is 0. The molecule has 0 heterocycles. The minimum absolute atomic E-state index is 0. The van der Waals surface area contributed by atoms with Gasteiger partial charge in [-0.25, -0.2) is 0 Å². The Balaban J connectivity index is 0. The van der Waals surface area contributed by atoms with Gasteiger partial charge in [-0.05, 0) is 0 Å². The Kier molecular flexibility index (Phi) is 24400. The molecule has 0 bridgehead atoms. The van der Waals surface area contributed by atoms with Gasteiger partial charge >= 0.3 is 0 Å². The molecule has 64 N–H and O–H groups in total. The Bertz CT molecular complexity index is 52.0. The summed E-state index contributed by atoms with van der Waals surface area (Å²) in [6.07, 6.45) is 0. The maximum atomic E-state index is 0. The molecule has 0 aromatic carbocycles. The fourth-order valence-corrected chi connectivity index (χ4v) is 0. The van der Waals surface area contributed by atoms with Gasteiger partial charge in [0.25, 0.3) is 0 Å². The van der Waals surface area contributed by atoms with Crippen molar-refractivity contribution in [3.8, 4) is 0 Å². The Morgan fingerprint density at radius 3 is 0.0667 bits per heavy atom. The first-order valence-electron chi connectivity index (χ1n) is 0. The third kappa shape index (κ3) is 985. The van der Waals surface area contributed by atoms with E-state index in [0.717, 1.165) is 0 Å². The second-order valence-corrected chi connectivity index (χ2v) is 0. The van der Waals surface area contributed by atoms with E-state index in [-0.39, 0.29) is 631 Å². The third-order valence-corrected chi connectivity index (χ3v) is 0. The molecular formula is H64K6O32W7. The van der Waals surface area contributed by atoms with Gasteiger partial charge in [-0.1, -0.05) is 0 Å². The molecular weight excluding hydrogens is 2030 g/mol. The van der Waals surface area contributed by atoms with Crippen LogP contribution in [0.3, 0.4) is 0 Å². The van der Waals surface area contributed by atoms with Gasteiger partial charge in [-0.3, -0.25) is 0 Å². The fraction of sp³-hybridized carbons (Fsp3) is 0. The summed E-state index contributed by atoms with van der Waals surface area (Å²) in [5, 5.41) is 0. The van der Waals surface area contributed by atoms with Crippen LogP contribution < -0.4 is 0 Å². The van der Waals surface area contributed by atoms with E-state index in [4.69, 9.17) is 0 Å². The minimum atomic E-state index is 0. The molecule has 0 aromatic rings. The van der Waals surface area contributed by atoms with Gasteiger partial charge in [0.2, 0.25) is 0 Å². The smallest absolute Gasteiger partial charge is 0 e. The van der Waals surface area contributed by atoms with Crippen LogP contribution in [0.2, 0.25) is 0 Å². The van der Waals surface area contributed by atoms with E-state index < -0.39 is 0 Å². The Hall–Kier alpha value is 13.4. The first-order valence-corrected chi connectivity index (χ1v) is 0. The zero-order chi connectivity index (χ0) is 0. The first kappa shape index (κ1) is 1080. The summed E-state index contributed by atoms with van der Waals surface area (Å²) >= 11 is 0. The van der Waals surface area contributed by atoms with Crippen LogP contribution in [0.4, 0.5) is 0 Å². The molecule has 0 aromatic heterocycles. The SMILES string of the molecule is O.O.O.O.O.O.O.O.O.O.O.O.O.O.O.O.O.O.O.O.O.O.O.O.O.O.O.O.O.O.O.O.[K].[K].[K].[K].[K].[K].[W].[W].[W].[W].[W].[W].[W]. The molecule has 0 aliphatic heterocycles. The van der Waals surface area contributed by atoms with Crippen LogP contribution in [-0.4, -0.2) is 484 Å². The van der Waals surface area contributed by atoms with Crippen LogP contribution in [0.1, 0.15) is 0 Å². The van der Waals surface area contributed by atoms with Gasteiger partial charge in [0.1, 0.15) is 0 Å². The topological polar surface area (TPSA) is 1010 Å². The summed E-state index contributed by atoms with van der Waals surface area (Å²) < 4.78 is 0. The van der Waals surface area contributed by atoms with Crippen molar-refractivity contribution >= 4 is 308 Å². The maximum absolute atomic E-state index is 0. The van der Waals surface area contributed by atoms with Crippen LogP contribution in [0, 0.1) is 0 Å². The van der Waals surface area contributed by atoms with Crippen molar-refractivity contribution in [3.63, 3.8) is 0 Å². The Morgan fingerprint density at radius 1 is 0.0667 bits per heavy atom. The maximum Gasteiger partial charge on any atom is 0 e. The zero-order valence-corrected chi connectivity index (χ0v) is 64.1. The van der Waals surface area contributed by atoms with Crippen molar-refractivity contribution < 1.29 is 323 Å². The molecule has 0 aliphatic rings. The second kappa shape index (κ2) is 1020. The predicted molar refractivity (Wildman–Crippen MR) is 150 cm³/mol. The summed E-state index contributed by atoms with van der Waals surface area (Å²) in [6.45, 7) is 0. The van der Waals surface area contributed by atoms with E-state index in [1.54, 1.807) is 0 Å². The molecule has 0 saturated carbocycles. The van der Waals surface area contributed by atoms with Gasteiger partial charge in [0, 0.05) is 456 Å². The van der Waals surface area contributed by atoms with Crippen molar-refractivity contribution in [2.75, 3.05) is 0 Å². The number of hydrogen-bond donors (Lipinski definition) is 0. The molecule has 0 amide bonds. The van der Waals surface area contributed by atoms with Crippen molar-refractivity contribution in [1.29, 1.82) is 0 Å². The molecule has 304 valence electrons. The Labute approximate surface area is 613 Å². The summed E-state index contributed by atoms with van der Waals surface area (Å²) in [7, 11) is 0. The van der Waals surface area contributed by atoms with Crippen molar-refractivity contribution in [3.05, 3.63) is 0 Å². The van der Waals surface area contributed by atoms with Crippen LogP contribution in [0.5, 0.6) is 0 Å². The van der Waals surface area contributed by atoms with E-state index >= 15 is 0 Å². The molecule has 6 radical (unpaired) electrons. The van der Waals surface area contributed by atoms with Gasteiger partial charge in [0.15, 0.2) is 0 Å². The van der Waals surface area contributed by atoms with E-state index in [1.165, 1.54) is 0 Å². The molecule has 0 fully saturated rings.